The molecule has 2 aromatic heterocycles. The smallest absolute Gasteiger partial charge is 0.128 e. The van der Waals surface area contributed by atoms with Crippen LogP contribution in [0.1, 0.15) is 33.6 Å². The number of benzene rings is 2. The lowest BCUT2D eigenvalue weighted by molar-refractivity contribution is 0.178. The van der Waals surface area contributed by atoms with Crippen LogP contribution in [0.5, 0.6) is 11.5 Å². The highest BCUT2D eigenvalue weighted by atomic mass is 79.9. The van der Waals surface area contributed by atoms with E-state index in [1.165, 1.54) is 0 Å². The van der Waals surface area contributed by atoms with E-state index in [2.05, 4.69) is 66.9 Å². The SMILES string of the molecule is Oc1c2cc(Br)cc1CN(Cc1ccccn1)CCN(Cc1ccccn1)Cc1cc(Br)cc(c1O)C=NCCNCCN=C2. The molecule has 1 aliphatic rings. The van der Waals surface area contributed by atoms with Crippen molar-refractivity contribution in [1.82, 2.24) is 25.1 Å². The third-order valence-electron chi connectivity index (χ3n) is 7.41. The van der Waals surface area contributed by atoms with Gasteiger partial charge >= 0.3 is 0 Å². The van der Waals surface area contributed by atoms with Crippen molar-refractivity contribution in [3.63, 3.8) is 0 Å². The maximum absolute atomic E-state index is 11.3. The van der Waals surface area contributed by atoms with Crippen molar-refractivity contribution >= 4 is 44.3 Å². The van der Waals surface area contributed by atoms with Gasteiger partial charge in [-0.05, 0) is 48.5 Å². The van der Waals surface area contributed by atoms with Crippen molar-refractivity contribution in [3.8, 4) is 11.5 Å². The highest BCUT2D eigenvalue weighted by Crippen LogP contribution is 2.30. The van der Waals surface area contributed by atoms with E-state index < -0.39 is 0 Å². The van der Waals surface area contributed by atoms with E-state index in [-0.39, 0.29) is 11.5 Å². The fourth-order valence-corrected chi connectivity index (χ4v) is 6.21. The van der Waals surface area contributed by atoms with Crippen molar-refractivity contribution in [1.29, 1.82) is 0 Å². The van der Waals surface area contributed by atoms with E-state index in [0.717, 1.165) is 31.5 Å². The summed E-state index contributed by atoms with van der Waals surface area (Å²) in [5.41, 5.74) is 4.82. The number of phenolic OH excluding ortho intramolecular Hbond substituents is 2. The quantitative estimate of drug-likeness (QED) is 0.252. The fourth-order valence-electron chi connectivity index (χ4n) is 5.17. The van der Waals surface area contributed by atoms with E-state index in [4.69, 9.17) is 0 Å². The summed E-state index contributed by atoms with van der Waals surface area (Å²) in [7, 11) is 0. The van der Waals surface area contributed by atoms with E-state index >= 15 is 0 Å². The lowest BCUT2D eigenvalue weighted by atomic mass is 10.1. The molecule has 45 heavy (non-hydrogen) atoms. The van der Waals surface area contributed by atoms with Crippen molar-refractivity contribution in [2.45, 2.75) is 26.2 Å². The molecule has 0 aliphatic carbocycles. The molecule has 0 spiro atoms. The summed E-state index contributed by atoms with van der Waals surface area (Å²) in [5, 5.41) is 25.9. The van der Waals surface area contributed by atoms with Gasteiger partial charge in [0.05, 0.1) is 24.5 Å². The van der Waals surface area contributed by atoms with E-state index in [9.17, 15) is 10.2 Å². The molecule has 0 saturated carbocycles. The first-order valence-electron chi connectivity index (χ1n) is 14.9. The number of nitrogens with zero attached hydrogens (tertiary/aromatic N) is 6. The monoisotopic (exact) mass is 733 g/mol. The molecule has 3 heterocycles. The third kappa shape index (κ3) is 10.0. The Morgan fingerprint density at radius 3 is 1.56 bits per heavy atom. The average Bonchev–Trinajstić information content (AvgIpc) is 3.03. The molecule has 9 nitrogen and oxygen atoms in total. The summed E-state index contributed by atoms with van der Waals surface area (Å²) in [6.07, 6.45) is 7.07. The standard InChI is InChI=1S/C34H37Br2N7O2/c35-29-15-25-19-38-11-9-37-10-12-39-20-26-16-30(36)18-28(34(26)45)22-43(24-32-6-2-4-8-41-32)14-13-42(21-27(17-29)33(25)44)23-31-5-1-3-7-40-31/h1-8,15-20,37,44-45H,9-14,21-24H2. The normalized spacial score (nSPS) is 15.9. The zero-order valence-electron chi connectivity index (χ0n) is 25.0. The second kappa shape index (κ2) is 16.7. The van der Waals surface area contributed by atoms with E-state index in [1.54, 1.807) is 24.8 Å². The van der Waals surface area contributed by atoms with Gasteiger partial charge in [-0.2, -0.15) is 0 Å². The molecule has 0 fully saturated rings. The number of nitrogens with one attached hydrogen (secondary N) is 1. The average molecular weight is 736 g/mol. The van der Waals surface area contributed by atoms with Gasteiger partial charge in [0.1, 0.15) is 11.5 Å². The third-order valence-corrected chi connectivity index (χ3v) is 8.32. The number of aromatic hydroxyl groups is 2. The Bertz CT molecular complexity index is 1480. The van der Waals surface area contributed by atoms with Crippen molar-refractivity contribution < 1.29 is 10.2 Å². The maximum atomic E-state index is 11.3. The van der Waals surface area contributed by atoms with Gasteiger partial charge in [0.2, 0.25) is 0 Å². The van der Waals surface area contributed by atoms with Crippen LogP contribution in [0.3, 0.4) is 0 Å². The molecular formula is C34H37Br2N7O2. The minimum atomic E-state index is 0.220. The van der Waals surface area contributed by atoms with Gasteiger partial charge in [0.25, 0.3) is 0 Å². The molecule has 0 radical (unpaired) electrons. The van der Waals surface area contributed by atoms with Crippen LogP contribution >= 0.6 is 31.9 Å². The number of phenols is 2. The molecule has 0 saturated heterocycles. The van der Waals surface area contributed by atoms with Crippen LogP contribution < -0.4 is 5.32 Å². The Morgan fingerprint density at radius 1 is 0.667 bits per heavy atom. The van der Waals surface area contributed by atoms with Gasteiger partial charge in [-0.25, -0.2) is 0 Å². The summed E-state index contributed by atoms with van der Waals surface area (Å²) in [5.74, 6) is 0.441. The van der Waals surface area contributed by atoms with Crippen LogP contribution in [0.15, 0.2) is 92.0 Å². The molecule has 1 aliphatic heterocycles. The largest absolute Gasteiger partial charge is 0.507 e. The summed E-state index contributed by atoms with van der Waals surface area (Å²) < 4.78 is 1.75. The van der Waals surface area contributed by atoms with Gasteiger partial charge in [0.15, 0.2) is 0 Å². The molecular weight excluding hydrogens is 698 g/mol. The second-order valence-corrected chi connectivity index (χ2v) is 12.7. The first-order valence-corrected chi connectivity index (χ1v) is 16.5. The zero-order valence-corrected chi connectivity index (χ0v) is 28.2. The molecule has 0 amide bonds. The Hall–Kier alpha value is -3.48. The van der Waals surface area contributed by atoms with Crippen LogP contribution in [0.2, 0.25) is 0 Å². The van der Waals surface area contributed by atoms with Gasteiger partial charge < -0.3 is 15.5 Å². The highest BCUT2D eigenvalue weighted by Gasteiger charge is 2.18. The number of pyridine rings is 2. The first-order chi connectivity index (χ1) is 21.9. The molecule has 5 rings (SSSR count). The topological polar surface area (TPSA) is 109 Å². The van der Waals surface area contributed by atoms with Gasteiger partial charge in [-0.15, -0.1) is 0 Å². The van der Waals surface area contributed by atoms with Crippen LogP contribution in [-0.4, -0.2) is 81.7 Å². The van der Waals surface area contributed by atoms with Gasteiger partial charge in [0, 0.05) is 108 Å². The summed E-state index contributed by atoms with van der Waals surface area (Å²) in [6, 6.07) is 19.5. The first kappa shape index (κ1) is 32.9. The number of hydrogen-bond donors (Lipinski definition) is 3. The number of aliphatic imine (C=N–C) groups is 2. The maximum Gasteiger partial charge on any atom is 0.128 e. The summed E-state index contributed by atoms with van der Waals surface area (Å²) in [4.78, 5) is 22.8. The van der Waals surface area contributed by atoms with Crippen LogP contribution in [0.4, 0.5) is 0 Å². The molecule has 0 atom stereocenters. The predicted octanol–water partition coefficient (Wildman–Crippen LogP) is 5.56. The van der Waals surface area contributed by atoms with Crippen molar-refractivity contribution in [2.75, 3.05) is 39.3 Å². The Balaban J connectivity index is 1.49. The second-order valence-electron chi connectivity index (χ2n) is 10.9. The number of halogens is 2. The molecule has 2 aromatic carbocycles. The molecule has 11 heteroatoms. The number of aromatic nitrogens is 2. The van der Waals surface area contributed by atoms with Gasteiger partial charge in [-0.3, -0.25) is 29.8 Å². The van der Waals surface area contributed by atoms with Crippen molar-refractivity contribution in [3.05, 3.63) is 116 Å². The number of hydrogen-bond acceptors (Lipinski definition) is 9. The van der Waals surface area contributed by atoms with Crippen molar-refractivity contribution in [2.24, 2.45) is 9.98 Å². The van der Waals surface area contributed by atoms with Gasteiger partial charge in [-0.1, -0.05) is 44.0 Å². The highest BCUT2D eigenvalue weighted by molar-refractivity contribution is 9.10. The predicted molar refractivity (Wildman–Crippen MR) is 186 cm³/mol. The lowest BCUT2D eigenvalue weighted by Crippen LogP contribution is -2.34. The fraction of sp³-hybridized carbons (Fsp3) is 0.294. The van der Waals surface area contributed by atoms with Crippen LogP contribution in [-0.2, 0) is 26.2 Å². The zero-order chi connectivity index (χ0) is 31.4. The molecule has 0 unspecified atom stereocenters. The van der Waals surface area contributed by atoms with E-state index in [0.29, 0.717) is 76.6 Å². The molecule has 3 N–H and O–H groups in total. The minimum absolute atomic E-state index is 0.220. The molecule has 234 valence electrons. The Kier molecular flexibility index (Phi) is 12.2. The lowest BCUT2D eigenvalue weighted by Gasteiger charge is -2.28. The summed E-state index contributed by atoms with van der Waals surface area (Å²) in [6.45, 7) is 6.06. The molecule has 4 bridgehead atoms. The molecule has 4 aromatic rings. The summed E-state index contributed by atoms with van der Waals surface area (Å²) >= 11 is 7.27. The van der Waals surface area contributed by atoms with Crippen LogP contribution in [0, 0.1) is 0 Å². The Labute approximate surface area is 281 Å². The Morgan fingerprint density at radius 2 is 1.13 bits per heavy atom. The minimum Gasteiger partial charge on any atom is -0.507 e. The number of rotatable bonds is 4. The van der Waals surface area contributed by atoms with E-state index in [1.807, 2.05) is 60.7 Å². The number of fused-ring (bicyclic) bond motifs is 4. The van der Waals surface area contributed by atoms with Crippen LogP contribution in [0.25, 0.3) is 0 Å².